The zero-order valence-electron chi connectivity index (χ0n) is 17.3. The minimum absolute atomic E-state index is 0.140. The van der Waals surface area contributed by atoms with E-state index in [0.29, 0.717) is 43.1 Å². The van der Waals surface area contributed by atoms with Gasteiger partial charge in [-0.3, -0.25) is 14.9 Å². The second kappa shape index (κ2) is 8.68. The number of amides is 1. The largest absolute Gasteiger partial charge is 0.416 e. The van der Waals surface area contributed by atoms with Crippen LogP contribution in [0.3, 0.4) is 0 Å². The van der Waals surface area contributed by atoms with Crippen molar-refractivity contribution in [1.82, 2.24) is 4.90 Å². The summed E-state index contributed by atoms with van der Waals surface area (Å²) in [5.41, 5.74) is 0.603. The van der Waals surface area contributed by atoms with Crippen molar-refractivity contribution in [1.29, 1.82) is 0 Å². The van der Waals surface area contributed by atoms with Crippen LogP contribution in [-0.2, 0) is 6.18 Å². The highest BCUT2D eigenvalue weighted by Crippen LogP contribution is 2.33. The van der Waals surface area contributed by atoms with Gasteiger partial charge in [-0.1, -0.05) is 6.07 Å². The summed E-state index contributed by atoms with van der Waals surface area (Å²) in [4.78, 5) is 29.5. The van der Waals surface area contributed by atoms with E-state index >= 15 is 0 Å². The fourth-order valence-corrected chi connectivity index (χ4v) is 4.26. The van der Waals surface area contributed by atoms with Crippen molar-refractivity contribution in [3.05, 3.63) is 63.7 Å². The number of nitro groups is 1. The van der Waals surface area contributed by atoms with Crippen molar-refractivity contribution in [2.24, 2.45) is 0 Å². The lowest BCUT2D eigenvalue weighted by atomic mass is 10.1. The molecule has 0 bridgehead atoms. The van der Waals surface area contributed by atoms with E-state index in [9.17, 15) is 28.1 Å². The Morgan fingerprint density at radius 2 is 1.59 bits per heavy atom. The molecule has 0 radical (unpaired) electrons. The molecule has 0 aliphatic carbocycles. The lowest BCUT2D eigenvalue weighted by molar-refractivity contribution is -0.384. The molecule has 2 aliphatic rings. The van der Waals surface area contributed by atoms with Gasteiger partial charge in [-0.15, -0.1) is 0 Å². The molecule has 4 rings (SSSR count). The second-order valence-electron chi connectivity index (χ2n) is 7.98. The number of carbonyl (C=O) groups excluding carboxylic acids is 1. The van der Waals surface area contributed by atoms with Crippen LogP contribution in [0.25, 0.3) is 0 Å². The van der Waals surface area contributed by atoms with E-state index in [4.69, 9.17) is 0 Å². The van der Waals surface area contributed by atoms with Gasteiger partial charge in [0, 0.05) is 57.1 Å². The molecule has 10 heteroatoms. The van der Waals surface area contributed by atoms with Crippen LogP contribution in [0.1, 0.15) is 28.8 Å². The fraction of sp³-hybridized carbons (Fsp3) is 0.409. The van der Waals surface area contributed by atoms with E-state index in [1.165, 1.54) is 18.2 Å². The third-order valence-corrected chi connectivity index (χ3v) is 5.97. The fourth-order valence-electron chi connectivity index (χ4n) is 4.26. The van der Waals surface area contributed by atoms with Gasteiger partial charge in [-0.05, 0) is 37.1 Å². The van der Waals surface area contributed by atoms with Crippen LogP contribution >= 0.6 is 0 Å². The lowest BCUT2D eigenvalue weighted by Gasteiger charge is -2.37. The molecule has 2 aromatic rings. The van der Waals surface area contributed by atoms with Gasteiger partial charge in [0.1, 0.15) is 0 Å². The normalized spacial score (nSPS) is 17.0. The predicted molar refractivity (Wildman–Crippen MR) is 114 cm³/mol. The van der Waals surface area contributed by atoms with Crippen LogP contribution in [0.2, 0.25) is 0 Å². The number of carbonyl (C=O) groups is 1. The van der Waals surface area contributed by atoms with Gasteiger partial charge in [0.05, 0.1) is 21.7 Å². The maximum atomic E-state index is 13.3. The molecule has 2 saturated heterocycles. The van der Waals surface area contributed by atoms with Gasteiger partial charge in [-0.25, -0.2) is 0 Å². The Kier molecular flexibility index (Phi) is 5.94. The highest BCUT2D eigenvalue weighted by Gasteiger charge is 2.32. The molecule has 170 valence electrons. The first kappa shape index (κ1) is 21.9. The maximum absolute atomic E-state index is 13.3. The third-order valence-electron chi connectivity index (χ3n) is 5.97. The maximum Gasteiger partial charge on any atom is 0.416 e. The standard InChI is InChI=1S/C22H23F3N4O3/c23-22(24,25)16-4-3-5-17(14-16)26-10-12-28(13-11-26)21(30)19-15-18(29(31)32)6-7-20(19)27-8-1-2-9-27/h3-7,14-15H,1-2,8-13H2. The van der Waals surface area contributed by atoms with Crippen LogP contribution in [0, 0.1) is 10.1 Å². The van der Waals surface area contributed by atoms with Gasteiger partial charge in [0.15, 0.2) is 0 Å². The van der Waals surface area contributed by atoms with Crippen LogP contribution in [0.15, 0.2) is 42.5 Å². The van der Waals surface area contributed by atoms with Crippen LogP contribution in [0.5, 0.6) is 0 Å². The number of halogens is 3. The monoisotopic (exact) mass is 448 g/mol. The van der Waals surface area contributed by atoms with Gasteiger partial charge in [-0.2, -0.15) is 13.2 Å². The first-order valence-electron chi connectivity index (χ1n) is 10.5. The molecule has 0 N–H and O–H groups in total. The number of benzene rings is 2. The number of nitro benzene ring substituents is 1. The molecule has 32 heavy (non-hydrogen) atoms. The van der Waals surface area contributed by atoms with Crippen molar-refractivity contribution >= 4 is 23.0 Å². The molecule has 0 saturated carbocycles. The van der Waals surface area contributed by atoms with Gasteiger partial charge in [0.2, 0.25) is 0 Å². The Morgan fingerprint density at radius 1 is 0.906 bits per heavy atom. The molecular weight excluding hydrogens is 425 g/mol. The second-order valence-corrected chi connectivity index (χ2v) is 7.98. The highest BCUT2D eigenvalue weighted by atomic mass is 19.4. The van der Waals surface area contributed by atoms with Gasteiger partial charge >= 0.3 is 6.18 Å². The summed E-state index contributed by atoms with van der Waals surface area (Å²) in [6, 6.07) is 9.52. The Balaban J connectivity index is 1.51. The Morgan fingerprint density at radius 3 is 2.22 bits per heavy atom. The average Bonchev–Trinajstić information content (AvgIpc) is 3.32. The summed E-state index contributed by atoms with van der Waals surface area (Å²) < 4.78 is 39.1. The van der Waals surface area contributed by atoms with Crippen molar-refractivity contribution in [2.75, 3.05) is 49.1 Å². The van der Waals surface area contributed by atoms with Crippen molar-refractivity contribution in [2.45, 2.75) is 19.0 Å². The predicted octanol–water partition coefficient (Wildman–Crippen LogP) is 4.18. The summed E-state index contributed by atoms with van der Waals surface area (Å²) >= 11 is 0. The van der Waals surface area contributed by atoms with E-state index in [2.05, 4.69) is 4.90 Å². The molecule has 2 heterocycles. The van der Waals surface area contributed by atoms with Crippen molar-refractivity contribution in [3.8, 4) is 0 Å². The molecule has 0 aromatic heterocycles. The Hall–Kier alpha value is -3.30. The summed E-state index contributed by atoms with van der Waals surface area (Å²) in [7, 11) is 0. The highest BCUT2D eigenvalue weighted by molar-refractivity contribution is 6.00. The van der Waals surface area contributed by atoms with Crippen molar-refractivity contribution < 1.29 is 22.9 Å². The van der Waals surface area contributed by atoms with Crippen LogP contribution < -0.4 is 9.80 Å². The molecule has 1 amide bonds. The average molecular weight is 448 g/mol. The molecule has 0 spiro atoms. The summed E-state index contributed by atoms with van der Waals surface area (Å²) in [5.74, 6) is -0.292. The number of piperazine rings is 1. The number of rotatable bonds is 4. The van der Waals surface area contributed by atoms with Crippen molar-refractivity contribution in [3.63, 3.8) is 0 Å². The number of hydrogen-bond acceptors (Lipinski definition) is 5. The number of anilines is 2. The molecule has 2 aromatic carbocycles. The van der Waals surface area contributed by atoms with Gasteiger partial charge in [0.25, 0.3) is 11.6 Å². The Labute approximate surface area is 183 Å². The first-order chi connectivity index (χ1) is 15.2. The van der Waals surface area contributed by atoms with Crippen LogP contribution in [-0.4, -0.2) is 55.0 Å². The topological polar surface area (TPSA) is 69.9 Å². The Bertz CT molecular complexity index is 1010. The number of non-ortho nitro benzene ring substituents is 1. The zero-order chi connectivity index (χ0) is 22.9. The van der Waals surface area contributed by atoms with E-state index in [1.54, 1.807) is 17.0 Å². The van der Waals surface area contributed by atoms with Crippen LogP contribution in [0.4, 0.5) is 30.2 Å². The number of nitrogens with zero attached hydrogens (tertiary/aromatic N) is 4. The van der Waals surface area contributed by atoms with Gasteiger partial charge < -0.3 is 14.7 Å². The van der Waals surface area contributed by atoms with E-state index < -0.39 is 16.7 Å². The summed E-state index contributed by atoms with van der Waals surface area (Å²) in [5, 5.41) is 11.3. The first-order valence-corrected chi connectivity index (χ1v) is 10.5. The summed E-state index contributed by atoms with van der Waals surface area (Å²) in [6.07, 6.45) is -2.41. The molecule has 0 unspecified atom stereocenters. The quantitative estimate of drug-likeness (QED) is 0.519. The third kappa shape index (κ3) is 4.49. The zero-order valence-corrected chi connectivity index (χ0v) is 17.3. The summed E-state index contributed by atoms with van der Waals surface area (Å²) in [6.45, 7) is 2.97. The molecule has 2 aliphatic heterocycles. The van der Waals surface area contributed by atoms with E-state index in [0.717, 1.165) is 38.1 Å². The SMILES string of the molecule is O=C(c1cc([N+](=O)[O-])ccc1N1CCCC1)N1CCN(c2cccc(C(F)(F)F)c2)CC1. The van der Waals surface area contributed by atoms with E-state index in [1.807, 2.05) is 4.90 Å². The smallest absolute Gasteiger partial charge is 0.371 e. The minimum atomic E-state index is -4.41. The number of alkyl halides is 3. The number of hydrogen-bond donors (Lipinski definition) is 0. The molecule has 0 atom stereocenters. The van der Waals surface area contributed by atoms with E-state index in [-0.39, 0.29) is 11.6 Å². The minimum Gasteiger partial charge on any atom is -0.371 e. The molecule has 2 fully saturated rings. The molecular formula is C22H23F3N4O3. The lowest BCUT2D eigenvalue weighted by Crippen LogP contribution is -2.49. The molecule has 7 nitrogen and oxygen atoms in total.